The Balaban J connectivity index is 1.98. The van der Waals surface area contributed by atoms with Crippen LogP contribution in [0.5, 0.6) is 0 Å². The minimum Gasteiger partial charge on any atom is -0.440 e. The van der Waals surface area contributed by atoms with Crippen molar-refractivity contribution in [3.8, 4) is 0 Å². The SMILES string of the molecule is O=C(NCCCN1CCCCC1)OCC(F)(F)F. The van der Waals surface area contributed by atoms with E-state index in [4.69, 9.17) is 0 Å². The molecule has 1 N–H and O–H groups in total. The summed E-state index contributed by atoms with van der Waals surface area (Å²) in [6.07, 6.45) is -1.10. The fourth-order valence-corrected chi connectivity index (χ4v) is 1.87. The fourth-order valence-electron chi connectivity index (χ4n) is 1.87. The first-order chi connectivity index (χ1) is 8.47. The molecule has 0 aliphatic carbocycles. The summed E-state index contributed by atoms with van der Waals surface area (Å²) >= 11 is 0. The monoisotopic (exact) mass is 268 g/mol. The number of hydrogen-bond acceptors (Lipinski definition) is 3. The van der Waals surface area contributed by atoms with Crippen LogP contribution in [0.15, 0.2) is 0 Å². The molecule has 1 fully saturated rings. The molecule has 1 aliphatic rings. The Morgan fingerprint density at radius 3 is 2.50 bits per heavy atom. The van der Waals surface area contributed by atoms with Crippen molar-refractivity contribution in [3.05, 3.63) is 0 Å². The second-order valence-corrected chi connectivity index (χ2v) is 4.37. The number of piperidine rings is 1. The van der Waals surface area contributed by atoms with E-state index in [0.717, 1.165) is 26.1 Å². The molecule has 7 heteroatoms. The van der Waals surface area contributed by atoms with Crippen LogP contribution in [-0.4, -0.2) is 50.0 Å². The van der Waals surface area contributed by atoms with Gasteiger partial charge in [0, 0.05) is 6.54 Å². The number of amides is 1. The number of hydrogen-bond donors (Lipinski definition) is 1. The first kappa shape index (κ1) is 15.1. The number of alkyl halides is 3. The smallest absolute Gasteiger partial charge is 0.422 e. The van der Waals surface area contributed by atoms with Gasteiger partial charge in [-0.1, -0.05) is 6.42 Å². The van der Waals surface area contributed by atoms with Gasteiger partial charge >= 0.3 is 12.3 Å². The lowest BCUT2D eigenvalue weighted by Crippen LogP contribution is -2.34. The normalized spacial score (nSPS) is 17.5. The molecule has 0 atom stereocenters. The van der Waals surface area contributed by atoms with Gasteiger partial charge in [0.2, 0.25) is 0 Å². The number of nitrogens with one attached hydrogen (secondary N) is 1. The van der Waals surface area contributed by atoms with E-state index in [0.29, 0.717) is 6.54 Å². The topological polar surface area (TPSA) is 41.6 Å². The summed E-state index contributed by atoms with van der Waals surface area (Å²) in [6, 6.07) is 0. The van der Waals surface area contributed by atoms with Crippen LogP contribution in [-0.2, 0) is 4.74 Å². The van der Waals surface area contributed by atoms with Gasteiger partial charge < -0.3 is 15.0 Å². The minimum absolute atomic E-state index is 0.340. The summed E-state index contributed by atoms with van der Waals surface area (Å²) in [7, 11) is 0. The molecule has 0 spiro atoms. The van der Waals surface area contributed by atoms with E-state index in [2.05, 4.69) is 15.0 Å². The van der Waals surface area contributed by atoms with Gasteiger partial charge in [0.05, 0.1) is 0 Å². The summed E-state index contributed by atoms with van der Waals surface area (Å²) < 4.78 is 39.2. The molecule has 0 unspecified atom stereocenters. The minimum atomic E-state index is -4.47. The van der Waals surface area contributed by atoms with Crippen LogP contribution in [0.2, 0.25) is 0 Å². The Kier molecular flexibility index (Phi) is 6.24. The number of likely N-dealkylation sites (tertiary alicyclic amines) is 1. The van der Waals surface area contributed by atoms with Crippen LogP contribution >= 0.6 is 0 Å². The Labute approximate surface area is 104 Å². The van der Waals surface area contributed by atoms with E-state index in [1.54, 1.807) is 0 Å². The Hall–Kier alpha value is -0.980. The molecule has 1 heterocycles. The number of alkyl carbamates (subject to hydrolysis) is 1. The second kappa shape index (κ2) is 7.45. The van der Waals surface area contributed by atoms with Crippen molar-refractivity contribution in [2.24, 2.45) is 0 Å². The van der Waals surface area contributed by atoms with Gasteiger partial charge in [0.15, 0.2) is 6.61 Å². The quantitative estimate of drug-likeness (QED) is 0.777. The van der Waals surface area contributed by atoms with Gasteiger partial charge in [-0.25, -0.2) is 4.79 Å². The molecule has 1 saturated heterocycles. The molecular weight excluding hydrogens is 249 g/mol. The molecular formula is C11H19F3N2O2. The van der Waals surface area contributed by atoms with E-state index < -0.39 is 18.9 Å². The summed E-state index contributed by atoms with van der Waals surface area (Å²) in [4.78, 5) is 13.2. The van der Waals surface area contributed by atoms with Crippen molar-refractivity contribution in [3.63, 3.8) is 0 Å². The number of rotatable bonds is 5. The fraction of sp³-hybridized carbons (Fsp3) is 0.909. The molecule has 106 valence electrons. The highest BCUT2D eigenvalue weighted by Gasteiger charge is 2.29. The van der Waals surface area contributed by atoms with Crippen LogP contribution in [0.25, 0.3) is 0 Å². The maximum absolute atomic E-state index is 11.7. The summed E-state index contributed by atoms with van der Waals surface area (Å²) in [5.74, 6) is 0. The third-order valence-electron chi connectivity index (χ3n) is 2.74. The van der Waals surface area contributed by atoms with Crippen LogP contribution in [0.3, 0.4) is 0 Å². The third kappa shape index (κ3) is 7.37. The maximum Gasteiger partial charge on any atom is 0.422 e. The van der Waals surface area contributed by atoms with Crippen LogP contribution in [0.1, 0.15) is 25.7 Å². The number of halogens is 3. The molecule has 18 heavy (non-hydrogen) atoms. The molecule has 0 aromatic heterocycles. The van der Waals surface area contributed by atoms with Gasteiger partial charge in [-0.2, -0.15) is 13.2 Å². The lowest BCUT2D eigenvalue weighted by Gasteiger charge is -2.26. The average Bonchev–Trinajstić information content (AvgIpc) is 2.33. The molecule has 0 saturated carbocycles. The number of ether oxygens (including phenoxy) is 1. The first-order valence-corrected chi connectivity index (χ1v) is 6.17. The van der Waals surface area contributed by atoms with Crippen molar-refractivity contribution in [2.75, 3.05) is 32.8 Å². The van der Waals surface area contributed by atoms with Gasteiger partial charge in [-0.3, -0.25) is 0 Å². The molecule has 1 rings (SSSR count). The van der Waals surface area contributed by atoms with E-state index >= 15 is 0 Å². The van der Waals surface area contributed by atoms with Crippen molar-refractivity contribution in [1.29, 1.82) is 0 Å². The third-order valence-corrected chi connectivity index (χ3v) is 2.74. The summed E-state index contributed by atoms with van der Waals surface area (Å²) in [6.45, 7) is 1.80. The predicted octanol–water partition coefficient (Wildman–Crippen LogP) is 2.15. The second-order valence-electron chi connectivity index (χ2n) is 4.37. The van der Waals surface area contributed by atoms with E-state index in [1.807, 2.05) is 0 Å². The van der Waals surface area contributed by atoms with Crippen molar-refractivity contribution >= 4 is 6.09 Å². The first-order valence-electron chi connectivity index (χ1n) is 6.17. The van der Waals surface area contributed by atoms with E-state index in [-0.39, 0.29) is 0 Å². The highest BCUT2D eigenvalue weighted by molar-refractivity contribution is 5.67. The van der Waals surface area contributed by atoms with Crippen LogP contribution < -0.4 is 5.32 Å². The number of carbonyl (C=O) groups is 1. The Morgan fingerprint density at radius 2 is 1.89 bits per heavy atom. The number of nitrogens with zero attached hydrogens (tertiary/aromatic N) is 1. The van der Waals surface area contributed by atoms with Gasteiger partial charge in [0.1, 0.15) is 0 Å². The molecule has 4 nitrogen and oxygen atoms in total. The zero-order chi connectivity index (χ0) is 13.4. The highest BCUT2D eigenvalue weighted by atomic mass is 19.4. The maximum atomic E-state index is 11.7. The lowest BCUT2D eigenvalue weighted by atomic mass is 10.1. The standard InChI is InChI=1S/C11H19F3N2O2/c12-11(13,14)9-18-10(17)15-5-4-8-16-6-2-1-3-7-16/h1-9H2,(H,15,17). The van der Waals surface area contributed by atoms with Crippen molar-refractivity contribution in [2.45, 2.75) is 31.9 Å². The molecule has 0 aromatic carbocycles. The molecule has 1 aliphatic heterocycles. The summed E-state index contributed by atoms with van der Waals surface area (Å²) in [5.41, 5.74) is 0. The predicted molar refractivity (Wildman–Crippen MR) is 60.3 cm³/mol. The molecule has 0 radical (unpaired) electrons. The molecule has 1 amide bonds. The average molecular weight is 268 g/mol. The van der Waals surface area contributed by atoms with Crippen LogP contribution in [0, 0.1) is 0 Å². The van der Waals surface area contributed by atoms with Gasteiger partial charge in [0.25, 0.3) is 0 Å². The van der Waals surface area contributed by atoms with Crippen LogP contribution in [0.4, 0.5) is 18.0 Å². The van der Waals surface area contributed by atoms with E-state index in [9.17, 15) is 18.0 Å². The number of carbonyl (C=O) groups excluding carboxylic acids is 1. The molecule has 0 bridgehead atoms. The largest absolute Gasteiger partial charge is 0.440 e. The van der Waals surface area contributed by atoms with Gasteiger partial charge in [-0.15, -0.1) is 0 Å². The highest BCUT2D eigenvalue weighted by Crippen LogP contribution is 2.14. The zero-order valence-corrected chi connectivity index (χ0v) is 10.3. The van der Waals surface area contributed by atoms with Gasteiger partial charge in [-0.05, 0) is 38.9 Å². The van der Waals surface area contributed by atoms with Crippen molar-refractivity contribution in [1.82, 2.24) is 10.2 Å². The zero-order valence-electron chi connectivity index (χ0n) is 10.3. The lowest BCUT2D eigenvalue weighted by molar-refractivity contribution is -0.160. The summed E-state index contributed by atoms with van der Waals surface area (Å²) in [5, 5.41) is 2.31. The molecule has 0 aromatic rings. The van der Waals surface area contributed by atoms with E-state index in [1.165, 1.54) is 19.3 Å². The Morgan fingerprint density at radius 1 is 1.22 bits per heavy atom. The van der Waals surface area contributed by atoms with Crippen molar-refractivity contribution < 1.29 is 22.7 Å². The Bertz CT molecular complexity index is 253.